The Balaban J connectivity index is 1.96. The normalized spacial score (nSPS) is 18.7. The molecule has 0 saturated carbocycles. The van der Waals surface area contributed by atoms with Gasteiger partial charge in [0.1, 0.15) is 10.9 Å². The van der Waals surface area contributed by atoms with E-state index in [-0.39, 0.29) is 27.8 Å². The summed E-state index contributed by atoms with van der Waals surface area (Å²) < 4.78 is 19.2. The first-order valence-electron chi connectivity index (χ1n) is 7.44. The Labute approximate surface area is 143 Å². The van der Waals surface area contributed by atoms with Crippen molar-refractivity contribution in [2.24, 2.45) is 0 Å². The average Bonchev–Trinajstić information content (AvgIpc) is 2.95. The van der Waals surface area contributed by atoms with Gasteiger partial charge in [0, 0.05) is 6.54 Å². The van der Waals surface area contributed by atoms with E-state index in [4.69, 9.17) is 27.6 Å². The maximum absolute atomic E-state index is 13.7. The van der Waals surface area contributed by atoms with Gasteiger partial charge >= 0.3 is 0 Å². The molecular formula is C16H15Cl2FN2O2. The number of amides is 1. The second kappa shape index (κ2) is 6.89. The van der Waals surface area contributed by atoms with Gasteiger partial charge in [-0.2, -0.15) is 0 Å². The van der Waals surface area contributed by atoms with Crippen molar-refractivity contribution in [1.29, 1.82) is 0 Å². The van der Waals surface area contributed by atoms with E-state index < -0.39 is 5.82 Å². The van der Waals surface area contributed by atoms with Crippen molar-refractivity contribution in [1.82, 2.24) is 9.88 Å². The third-order valence-corrected chi connectivity index (χ3v) is 4.56. The minimum Gasteiger partial charge on any atom is -0.467 e. The number of aromatic nitrogens is 1. The Morgan fingerprint density at radius 2 is 2.13 bits per heavy atom. The molecule has 1 aliphatic rings. The molecule has 0 spiro atoms. The van der Waals surface area contributed by atoms with Gasteiger partial charge in [0.15, 0.2) is 11.0 Å². The van der Waals surface area contributed by atoms with Crippen LogP contribution >= 0.6 is 23.2 Å². The Morgan fingerprint density at radius 3 is 2.87 bits per heavy atom. The quantitative estimate of drug-likeness (QED) is 0.720. The van der Waals surface area contributed by atoms with Crippen molar-refractivity contribution in [2.45, 2.75) is 31.7 Å². The molecule has 7 heteroatoms. The molecule has 1 saturated heterocycles. The second-order valence-corrected chi connectivity index (χ2v) is 6.19. The summed E-state index contributed by atoms with van der Waals surface area (Å²) >= 11 is 11.6. The fraction of sp³-hybridized carbons (Fsp3) is 0.375. The summed E-state index contributed by atoms with van der Waals surface area (Å²) in [6.07, 6.45) is 5.28. The second-order valence-electron chi connectivity index (χ2n) is 5.48. The van der Waals surface area contributed by atoms with Crippen molar-refractivity contribution in [3.63, 3.8) is 0 Å². The van der Waals surface area contributed by atoms with Gasteiger partial charge in [0.25, 0.3) is 5.91 Å². The molecule has 0 N–H and O–H groups in total. The summed E-state index contributed by atoms with van der Waals surface area (Å²) in [6, 6.07) is 4.50. The summed E-state index contributed by atoms with van der Waals surface area (Å²) in [4.78, 5) is 18.3. The minimum atomic E-state index is -0.760. The van der Waals surface area contributed by atoms with E-state index in [0.29, 0.717) is 6.54 Å². The van der Waals surface area contributed by atoms with Crippen LogP contribution in [0.4, 0.5) is 4.39 Å². The molecule has 3 heterocycles. The van der Waals surface area contributed by atoms with Crippen LogP contribution in [-0.2, 0) is 0 Å². The first kappa shape index (κ1) is 16.3. The number of hydrogen-bond donors (Lipinski definition) is 0. The molecular weight excluding hydrogens is 342 g/mol. The van der Waals surface area contributed by atoms with Gasteiger partial charge in [-0.1, -0.05) is 36.0 Å². The number of furan rings is 1. The maximum atomic E-state index is 13.7. The van der Waals surface area contributed by atoms with Crippen molar-refractivity contribution in [2.75, 3.05) is 6.54 Å². The Morgan fingerprint density at radius 1 is 1.30 bits per heavy atom. The van der Waals surface area contributed by atoms with E-state index in [1.54, 1.807) is 17.2 Å². The number of rotatable bonds is 2. The number of carbonyl (C=O) groups is 1. The molecule has 0 aliphatic carbocycles. The zero-order chi connectivity index (χ0) is 16.4. The van der Waals surface area contributed by atoms with Crippen LogP contribution in [-0.4, -0.2) is 22.3 Å². The predicted octanol–water partition coefficient (Wildman–Crippen LogP) is 4.88. The molecule has 2 aromatic heterocycles. The fourth-order valence-electron chi connectivity index (χ4n) is 2.88. The smallest absolute Gasteiger partial charge is 0.257 e. The van der Waals surface area contributed by atoms with Gasteiger partial charge in [-0.3, -0.25) is 4.79 Å². The third-order valence-electron chi connectivity index (χ3n) is 4.00. The van der Waals surface area contributed by atoms with E-state index in [1.165, 1.54) is 0 Å². The van der Waals surface area contributed by atoms with Gasteiger partial charge in [-0.25, -0.2) is 9.37 Å². The molecule has 4 nitrogen and oxygen atoms in total. The van der Waals surface area contributed by atoms with E-state index in [0.717, 1.165) is 37.5 Å². The van der Waals surface area contributed by atoms with Crippen LogP contribution in [0.3, 0.4) is 0 Å². The highest BCUT2D eigenvalue weighted by Gasteiger charge is 2.31. The molecule has 1 atom stereocenters. The molecule has 0 unspecified atom stereocenters. The third kappa shape index (κ3) is 3.35. The molecule has 2 aromatic rings. The van der Waals surface area contributed by atoms with Gasteiger partial charge in [-0.05, 0) is 31.0 Å². The van der Waals surface area contributed by atoms with Crippen molar-refractivity contribution in [3.05, 3.63) is 51.9 Å². The lowest BCUT2D eigenvalue weighted by molar-refractivity contribution is 0.0657. The average molecular weight is 357 g/mol. The highest BCUT2D eigenvalue weighted by Crippen LogP contribution is 2.33. The number of nitrogens with zero attached hydrogens (tertiary/aromatic N) is 2. The number of likely N-dealkylation sites (tertiary alicyclic amines) is 1. The monoisotopic (exact) mass is 356 g/mol. The molecule has 23 heavy (non-hydrogen) atoms. The van der Waals surface area contributed by atoms with Crippen molar-refractivity contribution in [3.8, 4) is 0 Å². The standard InChI is InChI=1S/C16H15Cl2FN2O2/c17-14-10(9-11(19)15(18)20-14)16(22)21-7-3-1-2-5-12(21)13-6-4-8-23-13/h4,6,8-9,12H,1-3,5,7H2/t12-/m0/s1. The minimum absolute atomic E-state index is 0.0204. The molecule has 1 fully saturated rings. The zero-order valence-electron chi connectivity index (χ0n) is 12.3. The van der Waals surface area contributed by atoms with Crippen molar-refractivity contribution < 1.29 is 13.6 Å². The Bertz CT molecular complexity index is 706. The Kier molecular flexibility index (Phi) is 4.87. The number of hydrogen-bond acceptors (Lipinski definition) is 3. The summed E-state index contributed by atoms with van der Waals surface area (Å²) in [5.41, 5.74) is 0.0204. The largest absolute Gasteiger partial charge is 0.467 e. The SMILES string of the molecule is O=C(c1cc(F)c(Cl)nc1Cl)N1CCCCC[C@H]1c1ccco1. The van der Waals surface area contributed by atoms with Crippen LogP contribution in [0, 0.1) is 5.82 Å². The number of carbonyl (C=O) groups excluding carboxylic acids is 1. The van der Waals surface area contributed by atoms with Crippen LogP contribution in [0.2, 0.25) is 10.3 Å². The summed E-state index contributed by atoms with van der Waals surface area (Å²) in [5, 5.41) is -0.436. The molecule has 122 valence electrons. The van der Waals surface area contributed by atoms with Crippen LogP contribution < -0.4 is 0 Å². The molecule has 0 bridgehead atoms. The number of halogens is 3. The summed E-state index contributed by atoms with van der Waals surface area (Å²) in [5.74, 6) is -0.399. The Hall–Kier alpha value is -1.59. The first-order valence-corrected chi connectivity index (χ1v) is 8.19. The highest BCUT2D eigenvalue weighted by molar-refractivity contribution is 6.34. The maximum Gasteiger partial charge on any atom is 0.257 e. The zero-order valence-corrected chi connectivity index (χ0v) is 13.8. The highest BCUT2D eigenvalue weighted by atomic mass is 35.5. The van der Waals surface area contributed by atoms with Crippen LogP contribution in [0.1, 0.15) is 47.8 Å². The van der Waals surface area contributed by atoms with E-state index >= 15 is 0 Å². The lowest BCUT2D eigenvalue weighted by Gasteiger charge is -2.29. The number of pyridine rings is 1. The molecule has 0 aromatic carbocycles. The molecule has 1 amide bonds. The lowest BCUT2D eigenvalue weighted by atomic mass is 10.1. The van der Waals surface area contributed by atoms with Gasteiger partial charge in [-0.15, -0.1) is 0 Å². The van der Waals surface area contributed by atoms with Crippen LogP contribution in [0.5, 0.6) is 0 Å². The van der Waals surface area contributed by atoms with Crippen molar-refractivity contribution >= 4 is 29.1 Å². The van der Waals surface area contributed by atoms with Crippen LogP contribution in [0.25, 0.3) is 0 Å². The molecule has 0 radical (unpaired) electrons. The predicted molar refractivity (Wildman–Crippen MR) is 85.2 cm³/mol. The van der Waals surface area contributed by atoms with E-state index in [9.17, 15) is 9.18 Å². The summed E-state index contributed by atoms with van der Waals surface area (Å²) in [6.45, 7) is 0.560. The van der Waals surface area contributed by atoms with Gasteiger partial charge in [0.2, 0.25) is 0 Å². The molecule has 3 rings (SSSR count). The van der Waals surface area contributed by atoms with Gasteiger partial charge < -0.3 is 9.32 Å². The van der Waals surface area contributed by atoms with E-state index in [1.807, 2.05) is 6.07 Å². The first-order chi connectivity index (χ1) is 11.1. The topological polar surface area (TPSA) is 46.3 Å². The summed E-state index contributed by atoms with van der Waals surface area (Å²) in [7, 11) is 0. The van der Waals surface area contributed by atoms with Crippen LogP contribution in [0.15, 0.2) is 28.9 Å². The fourth-order valence-corrected chi connectivity index (χ4v) is 3.28. The lowest BCUT2D eigenvalue weighted by Crippen LogP contribution is -2.35. The van der Waals surface area contributed by atoms with Gasteiger partial charge in [0.05, 0.1) is 17.9 Å². The molecule has 1 aliphatic heterocycles. The van der Waals surface area contributed by atoms with E-state index in [2.05, 4.69) is 4.98 Å².